The van der Waals surface area contributed by atoms with Crippen molar-refractivity contribution in [1.29, 1.82) is 0 Å². The minimum atomic E-state index is -0.462. The number of nitrogens with one attached hydrogen (secondary N) is 1. The van der Waals surface area contributed by atoms with E-state index in [9.17, 15) is 14.9 Å². The van der Waals surface area contributed by atoms with E-state index in [2.05, 4.69) is 15.5 Å². The zero-order valence-corrected chi connectivity index (χ0v) is 17.3. The molecule has 1 unspecified atom stereocenters. The topological polar surface area (TPSA) is 106 Å². The van der Waals surface area contributed by atoms with Crippen molar-refractivity contribution in [2.75, 3.05) is 19.6 Å². The van der Waals surface area contributed by atoms with Crippen molar-refractivity contribution in [3.8, 4) is 0 Å². The molecule has 0 saturated carbocycles. The van der Waals surface area contributed by atoms with E-state index in [4.69, 9.17) is 0 Å². The molecule has 0 bridgehead atoms. The van der Waals surface area contributed by atoms with Gasteiger partial charge >= 0.3 is 0 Å². The predicted octanol–water partition coefficient (Wildman–Crippen LogP) is 2.51. The van der Waals surface area contributed by atoms with E-state index in [-0.39, 0.29) is 30.0 Å². The first-order valence-electron chi connectivity index (χ1n) is 8.83. The van der Waals surface area contributed by atoms with Gasteiger partial charge in [-0.05, 0) is 43.3 Å². The molecule has 0 radical (unpaired) electrons. The number of aryl methyl sites for hydroxylation is 1. The lowest BCUT2D eigenvalue weighted by atomic mass is 10.1. The number of halogens is 1. The number of rotatable bonds is 7. The molecule has 152 valence electrons. The van der Waals surface area contributed by atoms with Gasteiger partial charge < -0.3 is 14.8 Å². The van der Waals surface area contributed by atoms with Gasteiger partial charge in [-0.3, -0.25) is 14.9 Å². The number of hydrogen-bond donors (Lipinski definition) is 1. The second kappa shape index (κ2) is 9.85. The highest BCUT2D eigenvalue weighted by Gasteiger charge is 2.28. The average molecular weight is 427 g/mol. The van der Waals surface area contributed by atoms with E-state index in [1.165, 1.54) is 12.4 Å². The number of nitrogens with zero attached hydrogens (tertiary/aromatic N) is 5. The Morgan fingerprint density at radius 1 is 1.50 bits per heavy atom. The Labute approximate surface area is 173 Å². The van der Waals surface area contributed by atoms with Gasteiger partial charge in [0.1, 0.15) is 6.33 Å². The summed E-state index contributed by atoms with van der Waals surface area (Å²) in [5.74, 6) is -0.163. The van der Waals surface area contributed by atoms with Crippen molar-refractivity contribution in [1.82, 2.24) is 25.0 Å². The summed E-state index contributed by atoms with van der Waals surface area (Å²) in [5, 5.41) is 23.1. The van der Waals surface area contributed by atoms with E-state index in [1.54, 1.807) is 23.7 Å². The van der Waals surface area contributed by atoms with Crippen molar-refractivity contribution in [3.63, 3.8) is 0 Å². The van der Waals surface area contributed by atoms with Crippen LogP contribution in [0.1, 0.15) is 30.1 Å². The first kappa shape index (κ1) is 22.1. The molecule has 1 aliphatic heterocycles. The fourth-order valence-corrected chi connectivity index (χ4v) is 3.95. The van der Waals surface area contributed by atoms with Gasteiger partial charge in [-0.25, -0.2) is 0 Å². The van der Waals surface area contributed by atoms with Crippen molar-refractivity contribution in [3.05, 3.63) is 40.2 Å². The molecule has 2 aromatic rings. The molecule has 1 amide bonds. The van der Waals surface area contributed by atoms with Crippen LogP contribution in [0.5, 0.6) is 0 Å². The summed E-state index contributed by atoms with van der Waals surface area (Å²) in [5.41, 5.74) is 0.235. The Morgan fingerprint density at radius 3 is 2.86 bits per heavy atom. The van der Waals surface area contributed by atoms with Crippen LogP contribution in [-0.2, 0) is 7.05 Å². The van der Waals surface area contributed by atoms with Crippen LogP contribution in [0.25, 0.3) is 0 Å². The number of amides is 1. The van der Waals surface area contributed by atoms with Crippen molar-refractivity contribution in [2.24, 2.45) is 7.05 Å². The molecule has 3 rings (SSSR count). The average Bonchev–Trinajstić information content (AvgIpc) is 3.32. The largest absolute Gasteiger partial charge is 0.334 e. The molecule has 9 nitrogen and oxygen atoms in total. The maximum Gasteiger partial charge on any atom is 0.284 e. The molecule has 1 N–H and O–H groups in total. The molecule has 1 atom stereocenters. The number of carbonyl (C=O) groups is 1. The van der Waals surface area contributed by atoms with Crippen LogP contribution in [0.2, 0.25) is 0 Å². The van der Waals surface area contributed by atoms with Crippen molar-refractivity contribution < 1.29 is 9.72 Å². The van der Waals surface area contributed by atoms with Gasteiger partial charge in [0.25, 0.3) is 11.6 Å². The smallest absolute Gasteiger partial charge is 0.284 e. The normalized spacial score (nSPS) is 15.9. The summed E-state index contributed by atoms with van der Waals surface area (Å²) in [6.45, 7) is 4.29. The molecular formula is C17H23ClN6O3S. The zero-order valence-electron chi connectivity index (χ0n) is 15.7. The fraction of sp³-hybridized carbons (Fsp3) is 0.471. The lowest BCUT2D eigenvalue weighted by Crippen LogP contribution is -2.42. The van der Waals surface area contributed by atoms with Gasteiger partial charge in [0.15, 0.2) is 5.16 Å². The fourth-order valence-electron chi connectivity index (χ4n) is 3.10. The molecule has 1 saturated heterocycles. The third kappa shape index (κ3) is 4.81. The highest BCUT2D eigenvalue weighted by Crippen LogP contribution is 2.34. The lowest BCUT2D eigenvalue weighted by Gasteiger charge is -2.28. The molecule has 28 heavy (non-hydrogen) atoms. The summed E-state index contributed by atoms with van der Waals surface area (Å²) in [7, 11) is 1.77. The second-order valence-corrected chi connectivity index (χ2v) is 7.42. The number of hydrogen-bond acceptors (Lipinski definition) is 7. The van der Waals surface area contributed by atoms with E-state index in [0.29, 0.717) is 22.2 Å². The van der Waals surface area contributed by atoms with Crippen LogP contribution < -0.4 is 5.32 Å². The van der Waals surface area contributed by atoms with Crippen LogP contribution in [0, 0.1) is 10.1 Å². The Balaban J connectivity index is 0.00000280. The molecule has 1 aliphatic rings. The molecule has 2 heterocycles. The summed E-state index contributed by atoms with van der Waals surface area (Å²) in [4.78, 5) is 26.4. The van der Waals surface area contributed by atoms with E-state index >= 15 is 0 Å². The quantitative estimate of drug-likeness (QED) is 0.535. The molecule has 1 aromatic carbocycles. The minimum absolute atomic E-state index is 0. The maximum absolute atomic E-state index is 13.0. The number of carbonyl (C=O) groups excluding carboxylic acids is 1. The van der Waals surface area contributed by atoms with Gasteiger partial charge in [-0.2, -0.15) is 0 Å². The molecule has 0 aliphatic carbocycles. The highest BCUT2D eigenvalue weighted by molar-refractivity contribution is 7.99. The zero-order chi connectivity index (χ0) is 19.4. The summed E-state index contributed by atoms with van der Waals surface area (Å²) in [6.07, 6.45) is 3.27. The van der Waals surface area contributed by atoms with Crippen LogP contribution >= 0.6 is 24.2 Å². The monoisotopic (exact) mass is 426 g/mol. The number of aromatic nitrogens is 3. The Bertz CT molecular complexity index is 840. The maximum atomic E-state index is 13.0. The molecular weight excluding hydrogens is 404 g/mol. The van der Waals surface area contributed by atoms with Crippen molar-refractivity contribution in [2.45, 2.75) is 35.9 Å². The predicted molar refractivity (Wildman–Crippen MR) is 108 cm³/mol. The van der Waals surface area contributed by atoms with Crippen LogP contribution in [0.3, 0.4) is 0 Å². The van der Waals surface area contributed by atoms with Crippen molar-refractivity contribution >= 4 is 35.8 Å². The van der Waals surface area contributed by atoms with E-state index in [0.717, 1.165) is 37.7 Å². The van der Waals surface area contributed by atoms with Gasteiger partial charge in [-0.15, -0.1) is 22.6 Å². The Hall–Kier alpha value is -2.17. The second-order valence-electron chi connectivity index (χ2n) is 6.41. The van der Waals surface area contributed by atoms with E-state index in [1.807, 2.05) is 11.8 Å². The SMILES string of the molecule is CCCN(C(=O)c1ccc(Sc2nncn2C)c([N+](=O)[O-])c1)C1CCNC1.Cl. The number of benzene rings is 1. The first-order valence-corrected chi connectivity index (χ1v) is 9.65. The third-order valence-corrected chi connectivity index (χ3v) is 5.59. The lowest BCUT2D eigenvalue weighted by molar-refractivity contribution is -0.387. The highest BCUT2D eigenvalue weighted by atomic mass is 35.5. The van der Waals surface area contributed by atoms with Crippen LogP contribution in [0.4, 0.5) is 5.69 Å². The standard InChI is InChI=1S/C17H22N6O3S.ClH/c1-3-8-22(13-6-7-18-10-13)16(24)12-4-5-15(14(9-12)23(25)26)27-17-20-19-11-21(17)2;/h4-5,9,11,13,18H,3,6-8,10H2,1-2H3;1H. The minimum Gasteiger partial charge on any atom is -0.334 e. The molecule has 0 spiro atoms. The van der Waals surface area contributed by atoms with Crippen LogP contribution in [-0.4, -0.2) is 56.2 Å². The molecule has 1 aromatic heterocycles. The van der Waals surface area contributed by atoms with Gasteiger partial charge in [0, 0.05) is 37.8 Å². The summed E-state index contributed by atoms with van der Waals surface area (Å²) < 4.78 is 1.68. The van der Waals surface area contributed by atoms with Crippen LogP contribution in [0.15, 0.2) is 34.6 Å². The Morgan fingerprint density at radius 2 is 2.29 bits per heavy atom. The summed E-state index contributed by atoms with van der Waals surface area (Å²) >= 11 is 1.15. The van der Waals surface area contributed by atoms with Gasteiger partial charge in [0.2, 0.25) is 0 Å². The summed E-state index contributed by atoms with van der Waals surface area (Å²) in [6, 6.07) is 4.76. The first-order chi connectivity index (χ1) is 13.0. The number of nitro groups is 1. The number of nitro benzene ring substituents is 1. The third-order valence-electron chi connectivity index (χ3n) is 4.47. The van der Waals surface area contributed by atoms with Gasteiger partial charge in [-0.1, -0.05) is 6.92 Å². The van der Waals surface area contributed by atoms with E-state index < -0.39 is 4.92 Å². The molecule has 11 heteroatoms. The molecule has 1 fully saturated rings. The van der Waals surface area contributed by atoms with Gasteiger partial charge in [0.05, 0.1) is 9.82 Å². The Kier molecular flexibility index (Phi) is 7.78.